The molecule has 3 heterocycles. The Morgan fingerprint density at radius 3 is 3.07 bits per heavy atom. The number of H-pyrrole nitrogens is 1. The first kappa shape index (κ1) is 8.91. The highest BCUT2D eigenvalue weighted by molar-refractivity contribution is 5.90. The molecule has 3 atom stereocenters. The highest BCUT2D eigenvalue weighted by atomic mass is 16.2. The molecule has 5 heteroatoms. The number of hydrogen-bond donors (Lipinski definition) is 3. The van der Waals surface area contributed by atoms with Crippen LogP contribution in [0.1, 0.15) is 29.9 Å². The minimum Gasteiger partial charge on any atom is -0.345 e. The number of aromatic amines is 1. The molecule has 2 fully saturated rings. The molecule has 15 heavy (non-hydrogen) atoms. The van der Waals surface area contributed by atoms with Gasteiger partial charge in [-0.1, -0.05) is 0 Å². The van der Waals surface area contributed by atoms with Crippen LogP contribution in [0.5, 0.6) is 0 Å². The van der Waals surface area contributed by atoms with E-state index in [-0.39, 0.29) is 11.9 Å². The average Bonchev–Trinajstić information content (AvgIpc) is 2.95. The van der Waals surface area contributed by atoms with Gasteiger partial charge < -0.3 is 15.6 Å². The van der Waals surface area contributed by atoms with Crippen LogP contribution < -0.4 is 10.6 Å². The summed E-state index contributed by atoms with van der Waals surface area (Å²) in [7, 11) is 0. The van der Waals surface area contributed by atoms with E-state index in [1.165, 1.54) is 12.8 Å². The van der Waals surface area contributed by atoms with Crippen molar-refractivity contribution in [3.63, 3.8) is 0 Å². The second-order valence-corrected chi connectivity index (χ2v) is 4.30. The molecular formula is C10H14N4O. The fourth-order valence-electron chi connectivity index (χ4n) is 2.61. The lowest BCUT2D eigenvalue weighted by Gasteiger charge is -2.20. The van der Waals surface area contributed by atoms with Crippen LogP contribution in [-0.4, -0.2) is 34.0 Å². The van der Waals surface area contributed by atoms with Gasteiger partial charge in [-0.25, -0.2) is 4.98 Å². The van der Waals surface area contributed by atoms with Crippen molar-refractivity contribution in [2.75, 3.05) is 0 Å². The van der Waals surface area contributed by atoms with E-state index in [1.807, 2.05) is 0 Å². The maximum Gasteiger partial charge on any atom is 0.287 e. The van der Waals surface area contributed by atoms with Gasteiger partial charge in [0.2, 0.25) is 0 Å². The van der Waals surface area contributed by atoms with Crippen LogP contribution >= 0.6 is 0 Å². The Bertz CT molecular complexity index is 362. The number of rotatable bonds is 2. The van der Waals surface area contributed by atoms with Gasteiger partial charge in [-0.05, 0) is 19.3 Å². The van der Waals surface area contributed by atoms with Gasteiger partial charge in [0, 0.05) is 30.5 Å². The molecule has 2 aliphatic heterocycles. The van der Waals surface area contributed by atoms with Crippen LogP contribution in [-0.2, 0) is 0 Å². The van der Waals surface area contributed by atoms with Crippen molar-refractivity contribution < 1.29 is 4.79 Å². The van der Waals surface area contributed by atoms with E-state index < -0.39 is 0 Å². The Kier molecular flexibility index (Phi) is 1.98. The predicted octanol–water partition coefficient (Wildman–Crippen LogP) is 0.0324. The number of carbonyl (C=O) groups excluding carboxylic acids is 1. The highest BCUT2D eigenvalue weighted by Gasteiger charge is 2.39. The number of nitrogens with zero attached hydrogens (tertiary/aromatic N) is 1. The van der Waals surface area contributed by atoms with E-state index >= 15 is 0 Å². The topological polar surface area (TPSA) is 69.8 Å². The smallest absolute Gasteiger partial charge is 0.287 e. The summed E-state index contributed by atoms with van der Waals surface area (Å²) in [6.07, 6.45) is 6.73. The van der Waals surface area contributed by atoms with Crippen molar-refractivity contribution in [3.8, 4) is 0 Å². The molecule has 1 amide bonds. The third-order valence-electron chi connectivity index (χ3n) is 3.33. The van der Waals surface area contributed by atoms with Gasteiger partial charge in [-0.2, -0.15) is 0 Å². The van der Waals surface area contributed by atoms with Crippen molar-refractivity contribution in [1.29, 1.82) is 0 Å². The Morgan fingerprint density at radius 2 is 2.47 bits per heavy atom. The van der Waals surface area contributed by atoms with Crippen LogP contribution in [0.15, 0.2) is 12.4 Å². The number of hydrogen-bond acceptors (Lipinski definition) is 3. The summed E-state index contributed by atoms with van der Waals surface area (Å²) in [6, 6.07) is 1.35. The first-order valence-electron chi connectivity index (χ1n) is 5.39. The maximum absolute atomic E-state index is 11.7. The monoisotopic (exact) mass is 206 g/mol. The summed E-state index contributed by atoms with van der Waals surface area (Å²) in [4.78, 5) is 18.4. The van der Waals surface area contributed by atoms with E-state index in [4.69, 9.17) is 0 Å². The number of fused-ring (bicyclic) bond motifs is 2. The number of imidazole rings is 1. The number of amides is 1. The average molecular weight is 206 g/mol. The molecular weight excluding hydrogens is 192 g/mol. The van der Waals surface area contributed by atoms with Crippen molar-refractivity contribution in [3.05, 3.63) is 18.2 Å². The minimum atomic E-state index is -0.0978. The maximum atomic E-state index is 11.7. The second-order valence-electron chi connectivity index (χ2n) is 4.30. The van der Waals surface area contributed by atoms with E-state index in [0.29, 0.717) is 17.9 Å². The van der Waals surface area contributed by atoms with Crippen molar-refractivity contribution in [2.24, 2.45) is 0 Å². The molecule has 1 aromatic heterocycles. The highest BCUT2D eigenvalue weighted by Crippen LogP contribution is 2.28. The number of nitrogens with one attached hydrogen (secondary N) is 3. The largest absolute Gasteiger partial charge is 0.345 e. The van der Waals surface area contributed by atoms with Gasteiger partial charge in [-0.3, -0.25) is 4.79 Å². The molecule has 0 aliphatic carbocycles. The standard InChI is InChI=1S/C10H14N4O/c15-10(9-11-3-4-12-9)14-8-5-6-1-2-7(8)13-6/h3-4,6-8,13H,1-2,5H2,(H,11,12)(H,14,15)/t6-,7+,8+/m1/s1. The molecule has 2 saturated heterocycles. The van der Waals surface area contributed by atoms with Gasteiger partial charge in [-0.15, -0.1) is 0 Å². The summed E-state index contributed by atoms with van der Waals surface area (Å²) in [6.45, 7) is 0. The first-order chi connectivity index (χ1) is 7.33. The van der Waals surface area contributed by atoms with Crippen LogP contribution in [0, 0.1) is 0 Å². The summed E-state index contributed by atoms with van der Waals surface area (Å²) >= 11 is 0. The third kappa shape index (κ3) is 1.52. The summed E-state index contributed by atoms with van der Waals surface area (Å²) in [5.74, 6) is 0.303. The van der Waals surface area contributed by atoms with Crippen LogP contribution in [0.3, 0.4) is 0 Å². The SMILES string of the molecule is O=C(N[C@H]1C[C@H]2CC[C@@H]1N2)c1ncc[nH]1. The van der Waals surface area contributed by atoms with Crippen molar-refractivity contribution in [2.45, 2.75) is 37.4 Å². The number of carbonyl (C=O) groups is 1. The Morgan fingerprint density at radius 1 is 1.53 bits per heavy atom. The molecule has 0 saturated carbocycles. The molecule has 3 N–H and O–H groups in total. The molecule has 1 aromatic rings. The quantitative estimate of drug-likeness (QED) is 0.639. The fourth-order valence-corrected chi connectivity index (χ4v) is 2.61. The van der Waals surface area contributed by atoms with Gasteiger partial charge >= 0.3 is 0 Å². The van der Waals surface area contributed by atoms with Gasteiger partial charge in [0.15, 0.2) is 5.82 Å². The lowest BCUT2D eigenvalue weighted by atomic mass is 9.95. The van der Waals surface area contributed by atoms with Crippen molar-refractivity contribution >= 4 is 5.91 Å². The van der Waals surface area contributed by atoms with Crippen LogP contribution in [0.2, 0.25) is 0 Å². The molecule has 80 valence electrons. The van der Waals surface area contributed by atoms with E-state index in [1.54, 1.807) is 12.4 Å². The fraction of sp³-hybridized carbons (Fsp3) is 0.600. The zero-order valence-corrected chi connectivity index (χ0v) is 8.36. The second kappa shape index (κ2) is 3.34. The molecule has 3 rings (SSSR count). The minimum absolute atomic E-state index is 0.0978. The molecule has 2 bridgehead atoms. The third-order valence-corrected chi connectivity index (χ3v) is 3.33. The van der Waals surface area contributed by atoms with Gasteiger partial charge in [0.25, 0.3) is 5.91 Å². The Hall–Kier alpha value is -1.36. The molecule has 0 radical (unpaired) electrons. The Balaban J connectivity index is 1.64. The Labute approximate surface area is 87.7 Å². The molecule has 5 nitrogen and oxygen atoms in total. The lowest BCUT2D eigenvalue weighted by molar-refractivity contribution is 0.0921. The predicted molar refractivity (Wildman–Crippen MR) is 54.4 cm³/mol. The summed E-state index contributed by atoms with van der Waals surface area (Å²) < 4.78 is 0. The molecule has 2 aliphatic rings. The summed E-state index contributed by atoms with van der Waals surface area (Å²) in [5, 5.41) is 6.50. The zero-order chi connectivity index (χ0) is 10.3. The first-order valence-corrected chi connectivity index (χ1v) is 5.39. The van der Waals surface area contributed by atoms with E-state index in [0.717, 1.165) is 6.42 Å². The van der Waals surface area contributed by atoms with E-state index in [2.05, 4.69) is 20.6 Å². The zero-order valence-electron chi connectivity index (χ0n) is 8.36. The van der Waals surface area contributed by atoms with Gasteiger partial charge in [0.05, 0.1) is 0 Å². The molecule has 0 unspecified atom stereocenters. The number of aromatic nitrogens is 2. The van der Waals surface area contributed by atoms with Gasteiger partial charge in [0.1, 0.15) is 0 Å². The normalized spacial score (nSPS) is 33.2. The molecule has 0 spiro atoms. The van der Waals surface area contributed by atoms with Crippen LogP contribution in [0.25, 0.3) is 0 Å². The summed E-state index contributed by atoms with van der Waals surface area (Å²) in [5.41, 5.74) is 0. The van der Waals surface area contributed by atoms with Crippen molar-refractivity contribution in [1.82, 2.24) is 20.6 Å². The lowest BCUT2D eigenvalue weighted by Crippen LogP contribution is -2.43. The molecule has 0 aromatic carbocycles. The van der Waals surface area contributed by atoms with E-state index in [9.17, 15) is 4.79 Å². The van der Waals surface area contributed by atoms with Crippen LogP contribution in [0.4, 0.5) is 0 Å².